The van der Waals surface area contributed by atoms with Crippen LogP contribution >= 0.6 is 0 Å². The number of rotatable bonds is 0. The lowest BCUT2D eigenvalue weighted by atomic mass is 9.94. The number of benzene rings is 1. The van der Waals surface area contributed by atoms with E-state index in [4.69, 9.17) is 11.2 Å². The molecule has 0 bridgehead atoms. The Bertz CT molecular complexity index is 322. The van der Waals surface area contributed by atoms with Gasteiger partial charge in [0.15, 0.2) is 0 Å². The molecule has 1 nitrogen and oxygen atoms in total. The smallest absolute Gasteiger partial charge is 0.123 e. The van der Waals surface area contributed by atoms with Crippen molar-refractivity contribution in [2.24, 2.45) is 0 Å². The van der Waals surface area contributed by atoms with Gasteiger partial charge in [-0.05, 0) is 12.5 Å². The van der Waals surface area contributed by atoms with Crippen LogP contribution in [0.15, 0.2) is 24.3 Å². The molecule has 1 aromatic rings. The minimum atomic E-state index is 0.245. The van der Waals surface area contributed by atoms with Gasteiger partial charge >= 0.3 is 0 Å². The van der Waals surface area contributed by atoms with Crippen LogP contribution in [0, 0.1) is 12.3 Å². The van der Waals surface area contributed by atoms with Crippen molar-refractivity contribution in [1.82, 2.24) is 0 Å². The molecule has 1 aromatic carbocycles. The summed E-state index contributed by atoms with van der Waals surface area (Å²) in [6, 6.07) is 7.98. The molecule has 0 aromatic heterocycles. The summed E-state index contributed by atoms with van der Waals surface area (Å²) in [5.41, 5.74) is 1.16. The Balaban J connectivity index is 2.45. The molecule has 1 aliphatic heterocycles. The third kappa shape index (κ3) is 1.06. The van der Waals surface area contributed by atoms with Gasteiger partial charge in [-0.1, -0.05) is 24.1 Å². The minimum Gasteiger partial charge on any atom is -0.493 e. The lowest BCUT2D eigenvalue weighted by Gasteiger charge is -2.21. The average molecular weight is 158 g/mol. The average Bonchev–Trinajstić information content (AvgIpc) is 2.17. The highest BCUT2D eigenvalue weighted by Crippen LogP contribution is 2.32. The highest BCUT2D eigenvalue weighted by Gasteiger charge is 2.17. The van der Waals surface area contributed by atoms with E-state index in [2.05, 4.69) is 5.92 Å². The van der Waals surface area contributed by atoms with Crippen molar-refractivity contribution in [3.8, 4) is 18.1 Å². The SMILES string of the molecule is C#C[C@H]1CCOc2ccccc21. The first-order chi connectivity index (χ1) is 5.92. The molecule has 0 fully saturated rings. The maximum Gasteiger partial charge on any atom is 0.123 e. The number of hydrogen-bond donors (Lipinski definition) is 0. The standard InChI is InChI=1S/C11H10O/c1-2-9-7-8-12-11-6-4-3-5-10(9)11/h1,3-6,9H,7-8H2/t9-/m0/s1. The molecule has 2 rings (SSSR count). The Morgan fingerprint density at radius 2 is 2.25 bits per heavy atom. The molecule has 0 spiro atoms. The van der Waals surface area contributed by atoms with Gasteiger partial charge in [0, 0.05) is 5.56 Å². The highest BCUT2D eigenvalue weighted by atomic mass is 16.5. The lowest BCUT2D eigenvalue weighted by molar-refractivity contribution is 0.281. The number of para-hydroxylation sites is 1. The molecular formula is C11H10O. The number of terminal acetylenes is 1. The zero-order chi connectivity index (χ0) is 8.39. The van der Waals surface area contributed by atoms with E-state index < -0.39 is 0 Å². The summed E-state index contributed by atoms with van der Waals surface area (Å²) in [4.78, 5) is 0. The first kappa shape index (κ1) is 7.24. The van der Waals surface area contributed by atoms with Gasteiger partial charge in [0.25, 0.3) is 0 Å². The third-order valence-electron chi connectivity index (χ3n) is 2.16. The monoisotopic (exact) mass is 158 g/mol. The topological polar surface area (TPSA) is 9.23 Å². The van der Waals surface area contributed by atoms with Crippen LogP contribution in [0.25, 0.3) is 0 Å². The summed E-state index contributed by atoms with van der Waals surface area (Å²) >= 11 is 0. The highest BCUT2D eigenvalue weighted by molar-refractivity contribution is 5.41. The summed E-state index contributed by atoms with van der Waals surface area (Å²) in [5.74, 6) is 3.98. The second-order valence-corrected chi connectivity index (χ2v) is 2.89. The van der Waals surface area contributed by atoms with Gasteiger partial charge in [-0.15, -0.1) is 6.42 Å². The molecular weight excluding hydrogens is 148 g/mol. The van der Waals surface area contributed by atoms with Crippen molar-refractivity contribution in [2.45, 2.75) is 12.3 Å². The number of ether oxygens (including phenoxy) is 1. The van der Waals surface area contributed by atoms with Crippen LogP contribution in [0.2, 0.25) is 0 Å². The van der Waals surface area contributed by atoms with E-state index in [1.54, 1.807) is 0 Å². The first-order valence-electron chi connectivity index (χ1n) is 4.09. The molecule has 1 aliphatic rings. The van der Waals surface area contributed by atoms with Gasteiger partial charge in [-0.3, -0.25) is 0 Å². The summed E-state index contributed by atoms with van der Waals surface area (Å²) in [7, 11) is 0. The zero-order valence-corrected chi connectivity index (χ0v) is 6.79. The van der Waals surface area contributed by atoms with Gasteiger partial charge in [0.1, 0.15) is 5.75 Å². The molecule has 0 saturated heterocycles. The maximum atomic E-state index is 5.46. The summed E-state index contributed by atoms with van der Waals surface area (Å²) in [6.07, 6.45) is 6.35. The van der Waals surface area contributed by atoms with Crippen molar-refractivity contribution in [3.63, 3.8) is 0 Å². The van der Waals surface area contributed by atoms with Gasteiger partial charge in [-0.2, -0.15) is 0 Å². The lowest BCUT2D eigenvalue weighted by Crippen LogP contribution is -2.12. The number of fused-ring (bicyclic) bond motifs is 1. The summed E-state index contributed by atoms with van der Waals surface area (Å²) < 4.78 is 5.46. The fraction of sp³-hybridized carbons (Fsp3) is 0.273. The van der Waals surface area contributed by atoms with Gasteiger partial charge in [0.05, 0.1) is 12.5 Å². The molecule has 0 unspecified atom stereocenters. The number of hydrogen-bond acceptors (Lipinski definition) is 1. The van der Waals surface area contributed by atoms with Crippen molar-refractivity contribution in [3.05, 3.63) is 29.8 Å². The summed E-state index contributed by atoms with van der Waals surface area (Å²) in [5, 5.41) is 0. The molecule has 0 amide bonds. The first-order valence-corrected chi connectivity index (χ1v) is 4.09. The van der Waals surface area contributed by atoms with Crippen molar-refractivity contribution in [2.75, 3.05) is 6.61 Å². The Kier molecular flexibility index (Phi) is 1.75. The van der Waals surface area contributed by atoms with E-state index >= 15 is 0 Å². The molecule has 0 aliphatic carbocycles. The summed E-state index contributed by atoms with van der Waals surface area (Å²) in [6.45, 7) is 0.742. The maximum absolute atomic E-state index is 5.46. The Hall–Kier alpha value is -1.42. The molecule has 60 valence electrons. The second kappa shape index (κ2) is 2.91. The normalized spacial score (nSPS) is 20.4. The predicted molar refractivity (Wildman–Crippen MR) is 48.1 cm³/mol. The van der Waals surface area contributed by atoms with E-state index in [-0.39, 0.29) is 5.92 Å². The van der Waals surface area contributed by atoms with E-state index in [0.29, 0.717) is 0 Å². The van der Waals surface area contributed by atoms with Crippen LogP contribution in [0.1, 0.15) is 17.9 Å². The second-order valence-electron chi connectivity index (χ2n) is 2.89. The Labute approximate surface area is 72.4 Å². The third-order valence-corrected chi connectivity index (χ3v) is 2.16. The van der Waals surface area contributed by atoms with Gasteiger partial charge in [0.2, 0.25) is 0 Å². The molecule has 1 heteroatoms. The van der Waals surface area contributed by atoms with Gasteiger partial charge in [-0.25, -0.2) is 0 Å². The van der Waals surface area contributed by atoms with E-state index in [0.717, 1.165) is 24.3 Å². The quantitative estimate of drug-likeness (QED) is 0.526. The van der Waals surface area contributed by atoms with Crippen LogP contribution in [0.3, 0.4) is 0 Å². The van der Waals surface area contributed by atoms with Crippen LogP contribution < -0.4 is 4.74 Å². The molecule has 0 radical (unpaired) electrons. The molecule has 0 saturated carbocycles. The molecule has 1 atom stereocenters. The van der Waals surface area contributed by atoms with Crippen LogP contribution in [0.5, 0.6) is 5.75 Å². The predicted octanol–water partition coefficient (Wildman–Crippen LogP) is 2.19. The Morgan fingerprint density at radius 3 is 3.08 bits per heavy atom. The largest absolute Gasteiger partial charge is 0.493 e. The minimum absolute atomic E-state index is 0.245. The van der Waals surface area contributed by atoms with Gasteiger partial charge < -0.3 is 4.74 Å². The molecule has 0 N–H and O–H groups in total. The molecule has 12 heavy (non-hydrogen) atoms. The van der Waals surface area contributed by atoms with Crippen molar-refractivity contribution >= 4 is 0 Å². The molecule has 1 heterocycles. The Morgan fingerprint density at radius 1 is 1.42 bits per heavy atom. The van der Waals surface area contributed by atoms with E-state index in [1.807, 2.05) is 24.3 Å². The van der Waals surface area contributed by atoms with E-state index in [9.17, 15) is 0 Å². The van der Waals surface area contributed by atoms with Crippen molar-refractivity contribution < 1.29 is 4.74 Å². The fourth-order valence-corrected chi connectivity index (χ4v) is 1.52. The zero-order valence-electron chi connectivity index (χ0n) is 6.79. The fourth-order valence-electron chi connectivity index (χ4n) is 1.52. The van der Waals surface area contributed by atoms with E-state index in [1.165, 1.54) is 0 Å². The van der Waals surface area contributed by atoms with Crippen LogP contribution in [-0.2, 0) is 0 Å². The van der Waals surface area contributed by atoms with Crippen LogP contribution in [-0.4, -0.2) is 6.61 Å². The van der Waals surface area contributed by atoms with Crippen molar-refractivity contribution in [1.29, 1.82) is 0 Å². The van der Waals surface area contributed by atoms with Crippen LogP contribution in [0.4, 0.5) is 0 Å².